The Morgan fingerprint density at radius 2 is 2.15 bits per heavy atom. The van der Waals surface area contributed by atoms with Crippen molar-refractivity contribution >= 4 is 16.9 Å². The summed E-state index contributed by atoms with van der Waals surface area (Å²) >= 11 is 0. The topological polar surface area (TPSA) is 63.1 Å². The summed E-state index contributed by atoms with van der Waals surface area (Å²) in [5, 5.41) is 8.53. The van der Waals surface area contributed by atoms with Crippen molar-refractivity contribution < 1.29 is 4.79 Å². The molecule has 2 aliphatic rings. The van der Waals surface area contributed by atoms with E-state index in [-0.39, 0.29) is 11.9 Å². The Bertz CT molecular complexity index is 808. The number of nitrogens with one attached hydrogen (secondary N) is 1. The second-order valence-electron chi connectivity index (χ2n) is 7.92. The van der Waals surface area contributed by atoms with Gasteiger partial charge < -0.3 is 5.32 Å². The van der Waals surface area contributed by atoms with Crippen molar-refractivity contribution in [3.63, 3.8) is 0 Å². The van der Waals surface area contributed by atoms with E-state index in [1.165, 1.54) is 25.7 Å². The van der Waals surface area contributed by atoms with E-state index < -0.39 is 0 Å². The van der Waals surface area contributed by atoms with Crippen LogP contribution in [0.2, 0.25) is 0 Å². The minimum atomic E-state index is 0.00515. The van der Waals surface area contributed by atoms with Crippen molar-refractivity contribution in [3.05, 3.63) is 23.5 Å². The predicted octanol–water partition coefficient (Wildman–Crippen LogP) is 3.10. The number of carbonyl (C=O) groups is 1. The van der Waals surface area contributed by atoms with E-state index in [2.05, 4.69) is 36.1 Å². The van der Waals surface area contributed by atoms with E-state index in [0.29, 0.717) is 18.5 Å². The van der Waals surface area contributed by atoms with Crippen LogP contribution in [0.1, 0.15) is 74.5 Å². The molecule has 1 aliphatic carbocycles. The maximum atomic E-state index is 13.0. The summed E-state index contributed by atoms with van der Waals surface area (Å²) < 4.78 is 1.92. The first-order valence-corrected chi connectivity index (χ1v) is 9.99. The SMILES string of the molecule is CCN1CCCC1CNC(=O)c1cc(C2CC2)nc2c1cnn2C(C)C. The normalized spacial score (nSPS) is 21.0. The quantitative estimate of drug-likeness (QED) is 0.865. The lowest BCUT2D eigenvalue weighted by molar-refractivity contribution is 0.0943. The highest BCUT2D eigenvalue weighted by Gasteiger charge is 2.29. The van der Waals surface area contributed by atoms with Gasteiger partial charge in [-0.2, -0.15) is 5.10 Å². The van der Waals surface area contributed by atoms with Gasteiger partial charge in [0.25, 0.3) is 5.91 Å². The average Bonchev–Trinajstić information content (AvgIpc) is 3.23. The van der Waals surface area contributed by atoms with E-state index in [1.54, 1.807) is 6.20 Å². The number of amides is 1. The Hall–Kier alpha value is -1.95. The molecule has 2 aromatic heterocycles. The monoisotopic (exact) mass is 355 g/mol. The second-order valence-corrected chi connectivity index (χ2v) is 7.92. The summed E-state index contributed by atoms with van der Waals surface area (Å²) in [5.74, 6) is 0.512. The second kappa shape index (κ2) is 6.99. The highest BCUT2D eigenvalue weighted by Crippen LogP contribution is 2.40. The molecule has 1 aliphatic heterocycles. The fourth-order valence-electron chi connectivity index (χ4n) is 4.04. The number of likely N-dealkylation sites (tertiary alicyclic amines) is 1. The van der Waals surface area contributed by atoms with Crippen LogP contribution in [-0.4, -0.2) is 51.2 Å². The lowest BCUT2D eigenvalue weighted by Crippen LogP contribution is -2.40. The molecule has 6 heteroatoms. The molecule has 2 fully saturated rings. The van der Waals surface area contributed by atoms with Gasteiger partial charge in [0.15, 0.2) is 5.65 Å². The van der Waals surface area contributed by atoms with Crippen LogP contribution < -0.4 is 5.32 Å². The predicted molar refractivity (Wildman–Crippen MR) is 102 cm³/mol. The number of rotatable bonds is 6. The van der Waals surface area contributed by atoms with Gasteiger partial charge in [-0.3, -0.25) is 9.69 Å². The van der Waals surface area contributed by atoms with Crippen LogP contribution in [0.3, 0.4) is 0 Å². The zero-order valence-electron chi connectivity index (χ0n) is 16.0. The van der Waals surface area contributed by atoms with Crippen LogP contribution in [-0.2, 0) is 0 Å². The maximum absolute atomic E-state index is 13.0. The number of hydrogen-bond donors (Lipinski definition) is 1. The summed E-state index contributed by atoms with van der Waals surface area (Å²) in [5.41, 5.74) is 2.61. The molecule has 6 nitrogen and oxygen atoms in total. The number of pyridine rings is 1. The third kappa shape index (κ3) is 3.22. The molecule has 1 saturated carbocycles. The first kappa shape index (κ1) is 17.5. The molecular weight excluding hydrogens is 326 g/mol. The van der Waals surface area contributed by atoms with Crippen molar-refractivity contribution in [2.75, 3.05) is 19.6 Å². The summed E-state index contributed by atoms with van der Waals surface area (Å²) in [7, 11) is 0. The number of carbonyl (C=O) groups excluding carboxylic acids is 1. The van der Waals surface area contributed by atoms with Crippen LogP contribution in [0.25, 0.3) is 11.0 Å². The molecule has 2 aromatic rings. The van der Waals surface area contributed by atoms with Gasteiger partial charge >= 0.3 is 0 Å². The van der Waals surface area contributed by atoms with Gasteiger partial charge in [-0.15, -0.1) is 0 Å². The Morgan fingerprint density at radius 1 is 1.35 bits per heavy atom. The third-order valence-corrected chi connectivity index (χ3v) is 5.72. The molecule has 0 radical (unpaired) electrons. The molecule has 1 saturated heterocycles. The highest BCUT2D eigenvalue weighted by molar-refractivity contribution is 6.05. The molecule has 1 unspecified atom stereocenters. The van der Waals surface area contributed by atoms with Gasteiger partial charge in [0.1, 0.15) is 0 Å². The summed E-state index contributed by atoms with van der Waals surface area (Å²) in [6.45, 7) is 9.28. The lowest BCUT2D eigenvalue weighted by atomic mass is 10.1. The molecule has 140 valence electrons. The van der Waals surface area contributed by atoms with Gasteiger partial charge in [0.2, 0.25) is 0 Å². The number of hydrogen-bond acceptors (Lipinski definition) is 4. The average molecular weight is 355 g/mol. The van der Waals surface area contributed by atoms with Gasteiger partial charge in [-0.05, 0) is 58.7 Å². The molecule has 4 rings (SSSR count). The molecule has 0 aromatic carbocycles. The summed E-state index contributed by atoms with van der Waals surface area (Å²) in [4.78, 5) is 20.3. The van der Waals surface area contributed by atoms with Crippen LogP contribution in [0.5, 0.6) is 0 Å². The Morgan fingerprint density at radius 3 is 2.85 bits per heavy atom. The van der Waals surface area contributed by atoms with Gasteiger partial charge in [-0.25, -0.2) is 9.67 Å². The van der Waals surface area contributed by atoms with Crippen molar-refractivity contribution in [3.8, 4) is 0 Å². The Labute approximate surface area is 155 Å². The minimum Gasteiger partial charge on any atom is -0.350 e. The van der Waals surface area contributed by atoms with Gasteiger partial charge in [0, 0.05) is 30.2 Å². The number of aromatic nitrogens is 3. The molecule has 0 bridgehead atoms. The minimum absolute atomic E-state index is 0.00515. The number of nitrogens with zero attached hydrogens (tertiary/aromatic N) is 4. The molecule has 3 heterocycles. The zero-order valence-corrected chi connectivity index (χ0v) is 16.0. The van der Waals surface area contributed by atoms with Crippen LogP contribution in [0, 0.1) is 0 Å². The van der Waals surface area contributed by atoms with E-state index in [1.807, 2.05) is 10.7 Å². The molecule has 0 spiro atoms. The first-order chi connectivity index (χ1) is 12.6. The largest absolute Gasteiger partial charge is 0.350 e. The number of fused-ring (bicyclic) bond motifs is 1. The zero-order chi connectivity index (χ0) is 18.3. The smallest absolute Gasteiger partial charge is 0.252 e. The summed E-state index contributed by atoms with van der Waals surface area (Å²) in [6, 6.07) is 2.68. The van der Waals surface area contributed by atoms with E-state index in [4.69, 9.17) is 4.98 Å². The molecule has 26 heavy (non-hydrogen) atoms. The molecule has 1 atom stereocenters. The van der Waals surface area contributed by atoms with Crippen molar-refractivity contribution in [2.45, 2.75) is 64.5 Å². The van der Waals surface area contributed by atoms with E-state index in [9.17, 15) is 4.79 Å². The van der Waals surface area contributed by atoms with Crippen molar-refractivity contribution in [1.29, 1.82) is 0 Å². The first-order valence-electron chi connectivity index (χ1n) is 9.99. The fourth-order valence-corrected chi connectivity index (χ4v) is 4.04. The molecule has 1 N–H and O–H groups in total. The maximum Gasteiger partial charge on any atom is 0.252 e. The highest BCUT2D eigenvalue weighted by atomic mass is 16.1. The standard InChI is InChI=1S/C20H29N5O/c1-4-24-9-5-6-15(24)11-21-20(26)16-10-18(14-7-8-14)23-19-17(16)12-22-25(19)13(2)3/h10,12-15H,4-9,11H2,1-3H3,(H,21,26). The fraction of sp³-hybridized carbons (Fsp3) is 0.650. The van der Waals surface area contributed by atoms with Crippen molar-refractivity contribution in [1.82, 2.24) is 25.0 Å². The van der Waals surface area contributed by atoms with Crippen molar-refractivity contribution in [2.24, 2.45) is 0 Å². The number of likely N-dealkylation sites (N-methyl/N-ethyl adjacent to an activating group) is 1. The molecule has 1 amide bonds. The third-order valence-electron chi connectivity index (χ3n) is 5.72. The van der Waals surface area contributed by atoms with Crippen LogP contribution in [0.4, 0.5) is 0 Å². The van der Waals surface area contributed by atoms with E-state index in [0.717, 1.165) is 35.4 Å². The van der Waals surface area contributed by atoms with Gasteiger partial charge in [-0.1, -0.05) is 6.92 Å². The lowest BCUT2D eigenvalue weighted by Gasteiger charge is -2.23. The van der Waals surface area contributed by atoms with Crippen LogP contribution in [0.15, 0.2) is 12.3 Å². The van der Waals surface area contributed by atoms with Gasteiger partial charge in [0.05, 0.1) is 17.1 Å². The Kier molecular flexibility index (Phi) is 4.69. The van der Waals surface area contributed by atoms with E-state index >= 15 is 0 Å². The summed E-state index contributed by atoms with van der Waals surface area (Å²) in [6.07, 6.45) is 6.52. The molecular formula is C20H29N5O. The Balaban J connectivity index is 1.61. The van der Waals surface area contributed by atoms with Crippen LogP contribution >= 0.6 is 0 Å².